The summed E-state index contributed by atoms with van der Waals surface area (Å²) in [5.41, 5.74) is 0.805. The Bertz CT molecular complexity index is 971. The van der Waals surface area contributed by atoms with Crippen molar-refractivity contribution in [2.75, 3.05) is 27.2 Å². The van der Waals surface area contributed by atoms with Crippen LogP contribution in [0.2, 0.25) is 0 Å². The van der Waals surface area contributed by atoms with Gasteiger partial charge in [0.15, 0.2) is 0 Å². The minimum atomic E-state index is -4.43. The number of alkyl halides is 3. The third-order valence-electron chi connectivity index (χ3n) is 4.46. The molecule has 7 nitrogen and oxygen atoms in total. The van der Waals surface area contributed by atoms with E-state index in [1.807, 2.05) is 19.0 Å². The van der Waals surface area contributed by atoms with E-state index in [0.717, 1.165) is 12.1 Å². The van der Waals surface area contributed by atoms with Crippen molar-refractivity contribution in [3.63, 3.8) is 0 Å². The molecule has 10 heteroatoms. The number of rotatable bonds is 7. The average Bonchev–Trinajstić information content (AvgIpc) is 3.25. The Balaban J connectivity index is 1.81. The fraction of sp³-hybridized carbons (Fsp3) is 0.300. The predicted molar refractivity (Wildman–Crippen MR) is 104 cm³/mol. The summed E-state index contributed by atoms with van der Waals surface area (Å²) in [5.74, 6) is -0.266. The van der Waals surface area contributed by atoms with Crippen molar-refractivity contribution in [2.45, 2.75) is 12.7 Å². The van der Waals surface area contributed by atoms with Crippen LogP contribution in [0.15, 0.2) is 54.9 Å². The first-order chi connectivity index (χ1) is 14.2. The number of amides is 1. The van der Waals surface area contributed by atoms with Gasteiger partial charge in [0.25, 0.3) is 5.91 Å². The highest BCUT2D eigenvalue weighted by Gasteiger charge is 2.30. The van der Waals surface area contributed by atoms with Gasteiger partial charge in [-0.15, -0.1) is 5.10 Å². The molecule has 0 saturated carbocycles. The molecule has 1 amide bonds. The zero-order chi connectivity index (χ0) is 21.7. The number of benzene rings is 2. The number of tetrazole rings is 1. The standard InChI is InChI=1S/C20H21F3N6O/c1-27(2)10-11-28(13-15-4-3-5-17(12-15)20(21,22)23)19(30)16-6-8-18(9-7-16)29-14-24-25-26-29/h3-9,12,14H,10-11,13H2,1-2H3. The monoisotopic (exact) mass is 418 g/mol. The van der Waals surface area contributed by atoms with Gasteiger partial charge in [-0.25, -0.2) is 4.68 Å². The van der Waals surface area contributed by atoms with Gasteiger partial charge in [-0.3, -0.25) is 4.79 Å². The van der Waals surface area contributed by atoms with Crippen LogP contribution < -0.4 is 0 Å². The van der Waals surface area contributed by atoms with Crippen LogP contribution in [-0.4, -0.2) is 63.1 Å². The molecular weight excluding hydrogens is 397 g/mol. The molecule has 0 spiro atoms. The zero-order valence-corrected chi connectivity index (χ0v) is 16.5. The number of likely N-dealkylation sites (N-methyl/N-ethyl adjacent to an activating group) is 1. The summed E-state index contributed by atoms with van der Waals surface area (Å²) in [5, 5.41) is 10.9. The zero-order valence-electron chi connectivity index (χ0n) is 16.5. The second kappa shape index (κ2) is 9.04. The van der Waals surface area contributed by atoms with Gasteiger partial charge in [0.2, 0.25) is 0 Å². The molecule has 0 bridgehead atoms. The number of halogens is 3. The van der Waals surface area contributed by atoms with Gasteiger partial charge in [-0.2, -0.15) is 13.2 Å². The average molecular weight is 418 g/mol. The number of hydrogen-bond donors (Lipinski definition) is 0. The van der Waals surface area contributed by atoms with E-state index in [0.29, 0.717) is 29.9 Å². The SMILES string of the molecule is CN(C)CCN(Cc1cccc(C(F)(F)F)c1)C(=O)c1ccc(-n2cnnn2)cc1. The fourth-order valence-electron chi connectivity index (χ4n) is 2.86. The van der Waals surface area contributed by atoms with Crippen LogP contribution in [0.25, 0.3) is 5.69 Å². The third-order valence-corrected chi connectivity index (χ3v) is 4.46. The van der Waals surface area contributed by atoms with Gasteiger partial charge in [-0.1, -0.05) is 12.1 Å². The molecule has 0 aliphatic rings. The molecule has 0 unspecified atom stereocenters. The van der Waals surface area contributed by atoms with Gasteiger partial charge in [-0.05, 0) is 66.5 Å². The summed E-state index contributed by atoms with van der Waals surface area (Å²) < 4.78 is 40.6. The van der Waals surface area contributed by atoms with E-state index >= 15 is 0 Å². The molecule has 2 aromatic carbocycles. The maximum atomic E-state index is 13.1. The topological polar surface area (TPSA) is 67.2 Å². The minimum Gasteiger partial charge on any atom is -0.333 e. The number of carbonyl (C=O) groups is 1. The fourth-order valence-corrected chi connectivity index (χ4v) is 2.86. The van der Waals surface area contributed by atoms with Gasteiger partial charge >= 0.3 is 6.18 Å². The molecule has 0 aliphatic heterocycles. The van der Waals surface area contributed by atoms with Crippen molar-refractivity contribution in [2.24, 2.45) is 0 Å². The quantitative estimate of drug-likeness (QED) is 0.590. The minimum absolute atomic E-state index is 0.0747. The van der Waals surface area contributed by atoms with Gasteiger partial charge in [0.1, 0.15) is 6.33 Å². The van der Waals surface area contributed by atoms with E-state index in [2.05, 4.69) is 15.5 Å². The van der Waals surface area contributed by atoms with Crippen LogP contribution in [0, 0.1) is 0 Å². The second-order valence-electron chi connectivity index (χ2n) is 7.03. The van der Waals surface area contributed by atoms with Gasteiger partial charge in [0, 0.05) is 25.2 Å². The Labute approximate surface area is 171 Å². The maximum absolute atomic E-state index is 13.1. The van der Waals surface area contributed by atoms with Crippen LogP contribution in [0.5, 0.6) is 0 Å². The van der Waals surface area contributed by atoms with Crippen LogP contribution in [0.4, 0.5) is 13.2 Å². The smallest absolute Gasteiger partial charge is 0.333 e. The van der Waals surface area contributed by atoms with E-state index < -0.39 is 11.7 Å². The Morgan fingerprint density at radius 3 is 2.40 bits per heavy atom. The Hall–Kier alpha value is -3.27. The van der Waals surface area contributed by atoms with Crippen molar-refractivity contribution >= 4 is 5.91 Å². The molecule has 1 aromatic heterocycles. The molecule has 0 aliphatic carbocycles. The Morgan fingerprint density at radius 2 is 1.80 bits per heavy atom. The number of nitrogens with zero attached hydrogens (tertiary/aromatic N) is 6. The number of hydrogen-bond acceptors (Lipinski definition) is 5. The van der Waals surface area contributed by atoms with E-state index in [1.165, 1.54) is 17.1 Å². The van der Waals surface area contributed by atoms with E-state index in [9.17, 15) is 18.0 Å². The number of carbonyl (C=O) groups excluding carboxylic acids is 1. The highest BCUT2D eigenvalue weighted by Crippen LogP contribution is 2.29. The highest BCUT2D eigenvalue weighted by atomic mass is 19.4. The summed E-state index contributed by atoms with van der Waals surface area (Å²) >= 11 is 0. The first-order valence-electron chi connectivity index (χ1n) is 9.17. The van der Waals surface area contributed by atoms with Crippen molar-refractivity contribution in [1.82, 2.24) is 30.0 Å². The summed E-state index contributed by atoms with van der Waals surface area (Å²) in [7, 11) is 3.74. The molecule has 3 aromatic rings. The summed E-state index contributed by atoms with van der Waals surface area (Å²) in [6.45, 7) is 1.02. The first kappa shape index (κ1) is 21.4. The maximum Gasteiger partial charge on any atom is 0.416 e. The molecular formula is C20H21F3N6O. The normalized spacial score (nSPS) is 11.7. The predicted octanol–water partition coefficient (Wildman–Crippen LogP) is 2.89. The second-order valence-corrected chi connectivity index (χ2v) is 7.03. The Kier molecular flexibility index (Phi) is 6.46. The van der Waals surface area contributed by atoms with E-state index in [4.69, 9.17) is 0 Å². The molecule has 158 valence electrons. The van der Waals surface area contributed by atoms with Crippen molar-refractivity contribution in [3.05, 3.63) is 71.5 Å². The molecule has 0 N–H and O–H groups in total. The lowest BCUT2D eigenvalue weighted by molar-refractivity contribution is -0.137. The Morgan fingerprint density at radius 1 is 1.07 bits per heavy atom. The summed E-state index contributed by atoms with van der Waals surface area (Å²) in [4.78, 5) is 16.5. The molecule has 0 saturated heterocycles. The van der Waals surface area contributed by atoms with Gasteiger partial charge in [0.05, 0.1) is 11.3 Å². The molecule has 0 fully saturated rings. The van der Waals surface area contributed by atoms with Crippen LogP contribution >= 0.6 is 0 Å². The van der Waals surface area contributed by atoms with Crippen LogP contribution in [0.3, 0.4) is 0 Å². The lowest BCUT2D eigenvalue weighted by Gasteiger charge is -2.25. The van der Waals surface area contributed by atoms with Crippen LogP contribution in [0.1, 0.15) is 21.5 Å². The largest absolute Gasteiger partial charge is 0.416 e. The third kappa shape index (κ3) is 5.41. The van der Waals surface area contributed by atoms with Crippen LogP contribution in [-0.2, 0) is 12.7 Å². The first-order valence-corrected chi connectivity index (χ1v) is 9.17. The summed E-state index contributed by atoms with van der Waals surface area (Å²) in [6, 6.07) is 11.8. The van der Waals surface area contributed by atoms with E-state index in [1.54, 1.807) is 35.2 Å². The van der Waals surface area contributed by atoms with Crippen molar-refractivity contribution < 1.29 is 18.0 Å². The molecule has 0 atom stereocenters. The van der Waals surface area contributed by atoms with E-state index in [-0.39, 0.29) is 12.5 Å². The van der Waals surface area contributed by atoms with Crippen molar-refractivity contribution in [3.8, 4) is 5.69 Å². The van der Waals surface area contributed by atoms with Crippen molar-refractivity contribution in [1.29, 1.82) is 0 Å². The molecule has 3 rings (SSSR count). The van der Waals surface area contributed by atoms with Gasteiger partial charge < -0.3 is 9.80 Å². The number of aromatic nitrogens is 4. The molecule has 0 radical (unpaired) electrons. The lowest BCUT2D eigenvalue weighted by atomic mass is 10.1. The molecule has 1 heterocycles. The lowest BCUT2D eigenvalue weighted by Crippen LogP contribution is -2.36. The highest BCUT2D eigenvalue weighted by molar-refractivity contribution is 5.94. The molecule has 30 heavy (non-hydrogen) atoms. The summed E-state index contributed by atoms with van der Waals surface area (Å²) in [6.07, 6.45) is -2.99.